The van der Waals surface area contributed by atoms with E-state index in [0.717, 1.165) is 17.5 Å². The van der Waals surface area contributed by atoms with Gasteiger partial charge >= 0.3 is 0 Å². The molecule has 5 nitrogen and oxygen atoms in total. The van der Waals surface area contributed by atoms with Gasteiger partial charge in [-0.1, -0.05) is 0 Å². The lowest BCUT2D eigenvalue weighted by Crippen LogP contribution is -2.15. The highest BCUT2D eigenvalue weighted by molar-refractivity contribution is 7.92. The number of aryl methyl sites for hydroxylation is 3. The number of fused-ring (bicyclic) bond motifs is 1. The molecule has 0 fully saturated rings. The minimum absolute atomic E-state index is 0.0425. The number of anilines is 1. The smallest absolute Gasteiger partial charge is 0.262 e. The van der Waals surface area contributed by atoms with Crippen molar-refractivity contribution in [1.29, 1.82) is 0 Å². The molecule has 1 N–H and O–H groups in total. The summed E-state index contributed by atoms with van der Waals surface area (Å²) in [7, 11) is -3.83. The molecule has 0 aliphatic rings. The fraction of sp³-hybridized carbons (Fsp3) is 0.188. The van der Waals surface area contributed by atoms with Gasteiger partial charge < -0.3 is 4.40 Å². The highest BCUT2D eigenvalue weighted by atomic mass is 32.2. The van der Waals surface area contributed by atoms with Crippen LogP contribution in [0.3, 0.4) is 0 Å². The predicted molar refractivity (Wildman–Crippen MR) is 86.6 cm³/mol. The Bertz CT molecular complexity index is 1010. The molecule has 120 valence electrons. The Morgan fingerprint density at radius 3 is 2.61 bits per heavy atom. The van der Waals surface area contributed by atoms with Crippen LogP contribution in [-0.4, -0.2) is 17.8 Å². The number of sulfonamides is 1. The van der Waals surface area contributed by atoms with Crippen LogP contribution in [0.15, 0.2) is 41.4 Å². The Balaban J connectivity index is 2.09. The molecule has 0 radical (unpaired) electrons. The van der Waals surface area contributed by atoms with Gasteiger partial charge in [-0.05, 0) is 56.7 Å². The summed E-state index contributed by atoms with van der Waals surface area (Å²) in [6, 6.07) is 6.98. The Hall–Kier alpha value is -2.41. The third kappa shape index (κ3) is 2.68. The van der Waals surface area contributed by atoms with Gasteiger partial charge in [-0.2, -0.15) is 0 Å². The van der Waals surface area contributed by atoms with E-state index in [2.05, 4.69) is 9.71 Å². The highest BCUT2D eigenvalue weighted by Gasteiger charge is 2.19. The lowest BCUT2D eigenvalue weighted by atomic mass is 10.2. The van der Waals surface area contributed by atoms with Crippen molar-refractivity contribution in [2.24, 2.45) is 0 Å². The average Bonchev–Trinajstić information content (AvgIpc) is 2.75. The van der Waals surface area contributed by atoms with E-state index in [1.807, 2.05) is 24.4 Å². The lowest BCUT2D eigenvalue weighted by molar-refractivity contribution is 0.598. The molecule has 0 atom stereocenters. The summed E-state index contributed by atoms with van der Waals surface area (Å²) in [5.74, 6) is -0.469. The molecule has 3 aromatic rings. The first-order valence-electron chi connectivity index (χ1n) is 7.03. The van der Waals surface area contributed by atoms with E-state index in [-0.39, 0.29) is 4.90 Å². The average molecular weight is 333 g/mol. The molecule has 0 unspecified atom stereocenters. The van der Waals surface area contributed by atoms with Crippen molar-refractivity contribution in [3.05, 3.63) is 59.3 Å². The highest BCUT2D eigenvalue weighted by Crippen LogP contribution is 2.24. The van der Waals surface area contributed by atoms with Crippen LogP contribution < -0.4 is 4.72 Å². The molecule has 0 saturated carbocycles. The third-order valence-electron chi connectivity index (χ3n) is 3.80. The summed E-state index contributed by atoms with van der Waals surface area (Å²) in [5, 5.41) is 0. The molecule has 7 heteroatoms. The predicted octanol–water partition coefficient (Wildman–Crippen LogP) is 3.20. The molecule has 2 aromatic heterocycles. The van der Waals surface area contributed by atoms with E-state index in [9.17, 15) is 12.8 Å². The van der Waals surface area contributed by atoms with E-state index in [1.54, 1.807) is 19.1 Å². The van der Waals surface area contributed by atoms with Gasteiger partial charge in [0.15, 0.2) is 5.65 Å². The molecule has 0 bridgehead atoms. The molecule has 0 amide bonds. The molecule has 0 saturated heterocycles. The van der Waals surface area contributed by atoms with E-state index < -0.39 is 15.8 Å². The summed E-state index contributed by atoms with van der Waals surface area (Å²) in [6.07, 6.45) is 1.83. The SMILES string of the molecule is Cc1cc(F)ccc1S(=O)(=O)Nc1cccn2c(C)c(C)nc12. The molecular weight excluding hydrogens is 317 g/mol. The lowest BCUT2D eigenvalue weighted by Gasteiger charge is -2.11. The number of nitrogens with one attached hydrogen (secondary N) is 1. The second kappa shape index (κ2) is 5.34. The number of nitrogens with zero attached hydrogens (tertiary/aromatic N) is 2. The van der Waals surface area contributed by atoms with Crippen molar-refractivity contribution in [2.45, 2.75) is 25.7 Å². The topological polar surface area (TPSA) is 63.5 Å². The van der Waals surface area contributed by atoms with Gasteiger partial charge in [-0.3, -0.25) is 4.72 Å². The zero-order chi connectivity index (χ0) is 16.8. The molecule has 2 heterocycles. The molecule has 0 spiro atoms. The van der Waals surface area contributed by atoms with Crippen molar-refractivity contribution in [3.63, 3.8) is 0 Å². The number of imidazole rings is 1. The summed E-state index contributed by atoms with van der Waals surface area (Å²) < 4.78 is 42.8. The van der Waals surface area contributed by atoms with E-state index in [0.29, 0.717) is 16.9 Å². The van der Waals surface area contributed by atoms with Gasteiger partial charge in [-0.15, -0.1) is 0 Å². The Morgan fingerprint density at radius 2 is 1.91 bits per heavy atom. The van der Waals surface area contributed by atoms with Crippen molar-refractivity contribution in [2.75, 3.05) is 4.72 Å². The monoisotopic (exact) mass is 333 g/mol. The van der Waals surface area contributed by atoms with Crippen molar-refractivity contribution >= 4 is 21.4 Å². The maximum absolute atomic E-state index is 13.2. The van der Waals surface area contributed by atoms with Crippen LogP contribution in [0.4, 0.5) is 10.1 Å². The maximum Gasteiger partial charge on any atom is 0.262 e. The Labute approximate surface area is 133 Å². The van der Waals surface area contributed by atoms with Crippen molar-refractivity contribution < 1.29 is 12.8 Å². The van der Waals surface area contributed by atoms with Crippen molar-refractivity contribution in [3.8, 4) is 0 Å². The fourth-order valence-electron chi connectivity index (χ4n) is 2.49. The summed E-state index contributed by atoms with van der Waals surface area (Å²) in [4.78, 5) is 4.45. The number of aromatic nitrogens is 2. The first kappa shape index (κ1) is 15.5. The van der Waals surface area contributed by atoms with Gasteiger partial charge in [0.2, 0.25) is 0 Å². The minimum Gasteiger partial charge on any atom is -0.302 e. The van der Waals surface area contributed by atoms with E-state index in [4.69, 9.17) is 0 Å². The number of hydrogen-bond donors (Lipinski definition) is 1. The van der Waals surface area contributed by atoms with E-state index >= 15 is 0 Å². The second-order valence-electron chi connectivity index (χ2n) is 5.41. The largest absolute Gasteiger partial charge is 0.302 e. The third-order valence-corrected chi connectivity index (χ3v) is 5.32. The van der Waals surface area contributed by atoms with Crippen molar-refractivity contribution in [1.82, 2.24) is 9.38 Å². The van der Waals surface area contributed by atoms with Gasteiger partial charge in [0.1, 0.15) is 5.82 Å². The molecule has 1 aromatic carbocycles. The van der Waals surface area contributed by atoms with Crippen LogP contribution in [0.1, 0.15) is 17.0 Å². The summed E-state index contributed by atoms with van der Waals surface area (Å²) in [6.45, 7) is 5.34. The van der Waals surface area contributed by atoms with Crippen LogP contribution in [0.2, 0.25) is 0 Å². The van der Waals surface area contributed by atoms with Gasteiger partial charge in [0.05, 0.1) is 16.3 Å². The first-order chi connectivity index (χ1) is 10.8. The van der Waals surface area contributed by atoms with Crippen LogP contribution in [0, 0.1) is 26.6 Å². The summed E-state index contributed by atoms with van der Waals surface area (Å²) in [5.41, 5.74) is 3.03. The number of benzene rings is 1. The van der Waals surface area contributed by atoms with Crippen LogP contribution in [-0.2, 0) is 10.0 Å². The molecule has 23 heavy (non-hydrogen) atoms. The zero-order valence-electron chi connectivity index (χ0n) is 13.0. The van der Waals surface area contributed by atoms with Gasteiger partial charge in [0, 0.05) is 11.9 Å². The number of rotatable bonds is 3. The molecular formula is C16H16FN3O2S. The van der Waals surface area contributed by atoms with Crippen LogP contribution in [0.5, 0.6) is 0 Å². The number of pyridine rings is 1. The Kier molecular flexibility index (Phi) is 3.60. The zero-order valence-corrected chi connectivity index (χ0v) is 13.8. The van der Waals surface area contributed by atoms with Gasteiger partial charge in [0.25, 0.3) is 10.0 Å². The fourth-order valence-corrected chi connectivity index (χ4v) is 3.78. The molecule has 0 aliphatic heterocycles. The standard InChI is InChI=1S/C16H16FN3O2S/c1-10-9-13(17)6-7-15(10)23(21,22)19-14-5-4-8-20-12(3)11(2)18-16(14)20/h4-9,19H,1-3H3. The Morgan fingerprint density at radius 1 is 1.17 bits per heavy atom. The van der Waals surface area contributed by atoms with E-state index in [1.165, 1.54) is 12.1 Å². The van der Waals surface area contributed by atoms with Crippen LogP contribution >= 0.6 is 0 Å². The molecule has 3 rings (SSSR count). The molecule has 0 aliphatic carbocycles. The van der Waals surface area contributed by atoms with Crippen LogP contribution in [0.25, 0.3) is 5.65 Å². The quantitative estimate of drug-likeness (QED) is 0.800. The minimum atomic E-state index is -3.83. The normalized spacial score (nSPS) is 11.8. The maximum atomic E-state index is 13.2. The second-order valence-corrected chi connectivity index (χ2v) is 7.06. The first-order valence-corrected chi connectivity index (χ1v) is 8.51. The number of halogens is 1. The number of hydrogen-bond acceptors (Lipinski definition) is 3. The summed E-state index contributed by atoms with van der Waals surface area (Å²) >= 11 is 0. The van der Waals surface area contributed by atoms with Gasteiger partial charge in [-0.25, -0.2) is 17.8 Å².